The molecular formula is C19H31N3O3S. The van der Waals surface area contributed by atoms with E-state index in [0.717, 1.165) is 31.6 Å². The van der Waals surface area contributed by atoms with E-state index in [9.17, 15) is 13.2 Å². The van der Waals surface area contributed by atoms with Crippen molar-refractivity contribution in [2.45, 2.75) is 50.8 Å². The summed E-state index contributed by atoms with van der Waals surface area (Å²) in [5, 5.41) is 2.92. The molecule has 146 valence electrons. The molecule has 1 aromatic rings. The highest BCUT2D eigenvalue weighted by molar-refractivity contribution is 7.89. The van der Waals surface area contributed by atoms with Gasteiger partial charge < -0.3 is 10.2 Å². The molecule has 1 heterocycles. The van der Waals surface area contributed by atoms with Gasteiger partial charge in [0.25, 0.3) is 5.91 Å². The fourth-order valence-electron chi connectivity index (χ4n) is 3.31. The van der Waals surface area contributed by atoms with Crippen LogP contribution >= 0.6 is 0 Å². The van der Waals surface area contributed by atoms with Crippen molar-refractivity contribution in [2.24, 2.45) is 0 Å². The van der Waals surface area contributed by atoms with Gasteiger partial charge in [-0.3, -0.25) is 4.79 Å². The smallest absolute Gasteiger partial charge is 0.251 e. The fourth-order valence-corrected chi connectivity index (χ4v) is 4.38. The molecule has 6 nitrogen and oxygen atoms in total. The van der Waals surface area contributed by atoms with Crippen molar-refractivity contribution in [2.75, 3.05) is 33.2 Å². The highest BCUT2D eigenvalue weighted by Crippen LogP contribution is 2.21. The third-order valence-corrected chi connectivity index (χ3v) is 6.62. The van der Waals surface area contributed by atoms with E-state index in [4.69, 9.17) is 0 Å². The van der Waals surface area contributed by atoms with Crippen LogP contribution in [0.3, 0.4) is 0 Å². The predicted octanol–water partition coefficient (Wildman–Crippen LogP) is 2.21. The van der Waals surface area contributed by atoms with Crippen molar-refractivity contribution >= 4 is 15.9 Å². The SMILES string of the molecule is CNS(=O)(=O)c1cc(C(=O)NCCCN2CCCCCC2)cc(C)c1C. The minimum atomic E-state index is -3.59. The quantitative estimate of drug-likeness (QED) is 0.710. The van der Waals surface area contributed by atoms with Crippen LogP contribution < -0.4 is 10.0 Å². The first kappa shape index (κ1) is 20.9. The average Bonchev–Trinajstić information content (AvgIpc) is 2.89. The Balaban J connectivity index is 1.94. The lowest BCUT2D eigenvalue weighted by Gasteiger charge is -2.19. The maximum atomic E-state index is 12.4. The van der Waals surface area contributed by atoms with Gasteiger partial charge in [-0.2, -0.15) is 0 Å². The molecule has 0 unspecified atom stereocenters. The molecule has 1 aliphatic rings. The number of likely N-dealkylation sites (tertiary alicyclic amines) is 1. The third kappa shape index (κ3) is 5.53. The number of hydrogen-bond acceptors (Lipinski definition) is 4. The van der Waals surface area contributed by atoms with Gasteiger partial charge in [0, 0.05) is 12.1 Å². The van der Waals surface area contributed by atoms with E-state index < -0.39 is 10.0 Å². The Kier molecular flexibility index (Phi) is 7.61. The van der Waals surface area contributed by atoms with Crippen molar-refractivity contribution < 1.29 is 13.2 Å². The van der Waals surface area contributed by atoms with E-state index in [1.54, 1.807) is 13.0 Å². The summed E-state index contributed by atoms with van der Waals surface area (Å²) in [5.74, 6) is -0.225. The van der Waals surface area contributed by atoms with Crippen LogP contribution in [0, 0.1) is 13.8 Å². The number of hydrogen-bond donors (Lipinski definition) is 2. The number of sulfonamides is 1. The van der Waals surface area contributed by atoms with Crippen molar-refractivity contribution in [3.63, 3.8) is 0 Å². The minimum absolute atomic E-state index is 0.162. The van der Waals surface area contributed by atoms with Crippen molar-refractivity contribution in [1.82, 2.24) is 14.9 Å². The summed E-state index contributed by atoms with van der Waals surface area (Å²) in [7, 11) is -2.21. The third-order valence-electron chi connectivity index (χ3n) is 5.08. The van der Waals surface area contributed by atoms with Crippen LogP contribution in [-0.4, -0.2) is 52.5 Å². The van der Waals surface area contributed by atoms with E-state index in [1.807, 2.05) is 6.92 Å². The van der Waals surface area contributed by atoms with E-state index in [2.05, 4.69) is 14.9 Å². The molecule has 26 heavy (non-hydrogen) atoms. The van der Waals surface area contributed by atoms with Crippen LogP contribution in [-0.2, 0) is 10.0 Å². The Bertz CT molecular complexity index is 724. The molecule has 0 saturated carbocycles. The summed E-state index contributed by atoms with van der Waals surface area (Å²) in [4.78, 5) is 15.1. The van der Waals surface area contributed by atoms with Crippen LogP contribution in [0.25, 0.3) is 0 Å². The average molecular weight is 382 g/mol. The molecule has 0 atom stereocenters. The van der Waals surface area contributed by atoms with E-state index in [-0.39, 0.29) is 10.8 Å². The monoisotopic (exact) mass is 381 g/mol. The molecule has 2 N–H and O–H groups in total. The van der Waals surface area contributed by atoms with Gasteiger partial charge in [-0.25, -0.2) is 13.1 Å². The molecule has 1 amide bonds. The number of rotatable bonds is 7. The number of carbonyl (C=O) groups excluding carboxylic acids is 1. The molecule has 1 fully saturated rings. The second kappa shape index (κ2) is 9.48. The standard InChI is InChI=1S/C19H31N3O3S/c1-15-13-17(14-18(16(15)2)26(24,25)20-3)19(23)21-9-8-12-22-10-6-4-5-7-11-22/h13-14,20H,4-12H2,1-3H3,(H,21,23). The van der Waals surface area contributed by atoms with Crippen molar-refractivity contribution in [3.8, 4) is 0 Å². The van der Waals surface area contributed by atoms with Gasteiger partial charge in [0.15, 0.2) is 0 Å². The van der Waals surface area contributed by atoms with Crippen LogP contribution in [0.4, 0.5) is 0 Å². The van der Waals surface area contributed by atoms with E-state index >= 15 is 0 Å². The molecule has 0 bridgehead atoms. The van der Waals surface area contributed by atoms with Gasteiger partial charge >= 0.3 is 0 Å². The van der Waals surface area contributed by atoms with Crippen LogP contribution in [0.1, 0.15) is 53.6 Å². The molecule has 1 aromatic carbocycles. The first-order valence-electron chi connectivity index (χ1n) is 9.40. The second-order valence-electron chi connectivity index (χ2n) is 6.99. The molecule has 0 radical (unpaired) electrons. The molecule has 1 saturated heterocycles. The highest BCUT2D eigenvalue weighted by Gasteiger charge is 2.19. The zero-order valence-corrected chi connectivity index (χ0v) is 16.9. The van der Waals surface area contributed by atoms with Gasteiger partial charge in [-0.1, -0.05) is 12.8 Å². The molecule has 1 aliphatic heterocycles. The number of aryl methyl sites for hydroxylation is 1. The molecule has 0 aliphatic carbocycles. The maximum Gasteiger partial charge on any atom is 0.251 e. The predicted molar refractivity (Wildman–Crippen MR) is 104 cm³/mol. The molecular weight excluding hydrogens is 350 g/mol. The second-order valence-corrected chi connectivity index (χ2v) is 8.84. The van der Waals surface area contributed by atoms with Crippen molar-refractivity contribution in [3.05, 3.63) is 28.8 Å². The first-order chi connectivity index (χ1) is 12.3. The maximum absolute atomic E-state index is 12.4. The Morgan fingerprint density at radius 3 is 2.38 bits per heavy atom. The van der Waals surface area contributed by atoms with Crippen LogP contribution in [0.15, 0.2) is 17.0 Å². The zero-order valence-electron chi connectivity index (χ0n) is 16.1. The number of nitrogens with zero attached hydrogens (tertiary/aromatic N) is 1. The van der Waals surface area contributed by atoms with Gasteiger partial charge in [0.1, 0.15) is 0 Å². The number of nitrogens with one attached hydrogen (secondary N) is 2. The normalized spacial score (nSPS) is 16.3. The summed E-state index contributed by atoms with van der Waals surface area (Å²) < 4.78 is 26.6. The Morgan fingerprint density at radius 2 is 1.77 bits per heavy atom. The van der Waals surface area contributed by atoms with Gasteiger partial charge in [-0.05, 0) is 83.1 Å². The van der Waals surface area contributed by atoms with Gasteiger partial charge in [0.05, 0.1) is 4.90 Å². The minimum Gasteiger partial charge on any atom is -0.352 e. The molecule has 7 heteroatoms. The lowest BCUT2D eigenvalue weighted by atomic mass is 10.1. The topological polar surface area (TPSA) is 78.5 Å². The summed E-state index contributed by atoms with van der Waals surface area (Å²) in [6.07, 6.45) is 6.06. The molecule has 0 spiro atoms. The number of benzene rings is 1. The Labute approximate surface area is 157 Å². The number of carbonyl (C=O) groups is 1. The van der Waals surface area contributed by atoms with E-state index in [1.165, 1.54) is 38.8 Å². The van der Waals surface area contributed by atoms with Crippen LogP contribution in [0.2, 0.25) is 0 Å². The summed E-state index contributed by atoms with van der Waals surface area (Å²) >= 11 is 0. The summed E-state index contributed by atoms with van der Waals surface area (Å²) in [6, 6.07) is 3.20. The molecule has 0 aromatic heterocycles. The van der Waals surface area contributed by atoms with Gasteiger partial charge in [-0.15, -0.1) is 0 Å². The van der Waals surface area contributed by atoms with Crippen LogP contribution in [0.5, 0.6) is 0 Å². The molecule has 2 rings (SSSR count). The lowest BCUT2D eigenvalue weighted by molar-refractivity contribution is 0.0951. The fraction of sp³-hybridized carbons (Fsp3) is 0.632. The largest absolute Gasteiger partial charge is 0.352 e. The number of amides is 1. The summed E-state index contributed by atoms with van der Waals surface area (Å²) in [5.41, 5.74) is 1.84. The Hall–Kier alpha value is -1.44. The van der Waals surface area contributed by atoms with Crippen molar-refractivity contribution in [1.29, 1.82) is 0 Å². The Morgan fingerprint density at radius 1 is 1.12 bits per heavy atom. The van der Waals surface area contributed by atoms with Gasteiger partial charge in [0.2, 0.25) is 10.0 Å². The van der Waals surface area contributed by atoms with E-state index in [0.29, 0.717) is 17.7 Å². The lowest BCUT2D eigenvalue weighted by Crippen LogP contribution is -2.31. The zero-order chi connectivity index (χ0) is 19.2. The summed E-state index contributed by atoms with van der Waals surface area (Å²) in [6.45, 7) is 7.46. The highest BCUT2D eigenvalue weighted by atomic mass is 32.2. The first-order valence-corrected chi connectivity index (χ1v) is 10.9.